The predicted octanol–water partition coefficient (Wildman–Crippen LogP) is 12.3. The zero-order valence-electron chi connectivity index (χ0n) is 33.1. The highest BCUT2D eigenvalue weighted by Crippen LogP contribution is 2.23. The van der Waals surface area contributed by atoms with Crippen LogP contribution in [0.4, 0.5) is 0 Å². The van der Waals surface area contributed by atoms with Crippen molar-refractivity contribution in [2.45, 2.75) is 245 Å². The number of esters is 3. The quantitative estimate of drug-likeness (QED) is 0.0363. The molecule has 1 aliphatic rings. The first-order valence-corrected chi connectivity index (χ1v) is 21.6. The molecule has 3 atom stereocenters. The molecule has 7 heteroatoms. The minimum absolute atomic E-state index is 0.115. The van der Waals surface area contributed by atoms with Crippen LogP contribution >= 0.6 is 0 Å². The Morgan fingerprint density at radius 3 is 1.38 bits per heavy atom. The molecule has 0 aromatic carbocycles. The number of unbranched alkanes of at least 4 members (excludes halogenated alkanes) is 18. The molecule has 0 amide bonds. The highest BCUT2D eigenvalue weighted by atomic mass is 16.6. The molecule has 1 saturated heterocycles. The maximum atomic E-state index is 12.9. The molecule has 0 bridgehead atoms. The van der Waals surface area contributed by atoms with Gasteiger partial charge in [0.15, 0.2) is 0 Å². The van der Waals surface area contributed by atoms with Crippen molar-refractivity contribution < 1.29 is 33.3 Å². The predicted molar refractivity (Wildman–Crippen MR) is 205 cm³/mol. The van der Waals surface area contributed by atoms with Gasteiger partial charge in [0.1, 0.15) is 12.2 Å². The van der Waals surface area contributed by atoms with E-state index in [0.717, 1.165) is 77.2 Å². The lowest BCUT2D eigenvalue weighted by Gasteiger charge is -2.23. The summed E-state index contributed by atoms with van der Waals surface area (Å²) >= 11 is 0. The van der Waals surface area contributed by atoms with Gasteiger partial charge in [-0.25, -0.2) is 0 Å². The van der Waals surface area contributed by atoms with Crippen LogP contribution in [-0.2, 0) is 33.3 Å². The van der Waals surface area contributed by atoms with Gasteiger partial charge in [0, 0.05) is 25.9 Å². The molecule has 0 spiro atoms. The first-order chi connectivity index (χ1) is 24.5. The number of hydrogen-bond donors (Lipinski definition) is 0. The molecule has 0 radical (unpaired) electrons. The Bertz CT molecular complexity index is 794. The Balaban J connectivity index is 2.60. The number of carbonyl (C=O) groups excluding carboxylic acids is 3. The van der Waals surface area contributed by atoms with Crippen molar-refractivity contribution in [3.63, 3.8) is 0 Å². The van der Waals surface area contributed by atoms with E-state index < -0.39 is 0 Å². The maximum Gasteiger partial charge on any atom is 0.306 e. The van der Waals surface area contributed by atoms with Gasteiger partial charge in [0.05, 0.1) is 12.7 Å². The number of hydrogen-bond acceptors (Lipinski definition) is 7. The molecule has 0 aromatic rings. The Hall–Kier alpha value is -1.63. The summed E-state index contributed by atoms with van der Waals surface area (Å²) in [6.07, 6.45) is 32.0. The van der Waals surface area contributed by atoms with Gasteiger partial charge in [-0.05, 0) is 70.6 Å². The van der Waals surface area contributed by atoms with Crippen molar-refractivity contribution in [2.24, 2.45) is 0 Å². The van der Waals surface area contributed by atoms with E-state index in [4.69, 9.17) is 18.9 Å². The lowest BCUT2D eigenvalue weighted by atomic mass is 10.0. The summed E-state index contributed by atoms with van der Waals surface area (Å²) < 4.78 is 23.5. The molecule has 1 aliphatic heterocycles. The topological polar surface area (TPSA) is 88.1 Å². The lowest BCUT2D eigenvalue weighted by Crippen LogP contribution is -2.25. The molecular weight excluding hydrogens is 628 g/mol. The SMILES string of the molecule is CCCCCCCCCC(=O)OCCC[C@@H](CC[C@H](CC[C@@H]1CCCO1)OC(=O)CCCCCCCCC)OC(=O)CCCCCCCCC. The van der Waals surface area contributed by atoms with Crippen LogP contribution < -0.4 is 0 Å². The van der Waals surface area contributed by atoms with Crippen LogP contribution in [0.25, 0.3) is 0 Å². The zero-order chi connectivity index (χ0) is 36.3. The third-order valence-corrected chi connectivity index (χ3v) is 10.1. The van der Waals surface area contributed by atoms with Crippen LogP contribution in [-0.4, -0.2) is 49.4 Å². The summed E-state index contributed by atoms with van der Waals surface area (Å²) in [4.78, 5) is 38.1. The Kier molecular flexibility index (Phi) is 32.0. The summed E-state index contributed by atoms with van der Waals surface area (Å²) in [7, 11) is 0. The van der Waals surface area contributed by atoms with E-state index in [0.29, 0.717) is 51.6 Å². The number of ether oxygens (including phenoxy) is 4. The van der Waals surface area contributed by atoms with Crippen molar-refractivity contribution in [1.29, 1.82) is 0 Å². The summed E-state index contributed by atoms with van der Waals surface area (Å²) in [6, 6.07) is 0. The van der Waals surface area contributed by atoms with Crippen molar-refractivity contribution in [3.8, 4) is 0 Å². The standard InChI is InChI=1S/C43H80O7/c1-4-7-10-13-16-19-22-29-41(44)48-37-26-28-39(49-42(45)30-23-20-17-14-11-8-5-2)34-35-40(33-32-38-27-25-36-47-38)50-43(46)31-24-21-18-15-12-9-6-3/h38-40H,4-37H2,1-3H3/t38-,39-,40-/m0/s1. The molecule has 0 aromatic heterocycles. The average molecular weight is 709 g/mol. The smallest absolute Gasteiger partial charge is 0.306 e. The van der Waals surface area contributed by atoms with E-state index in [9.17, 15) is 14.4 Å². The normalized spacial score (nSPS) is 15.5. The number of rotatable bonds is 36. The average Bonchev–Trinajstić information content (AvgIpc) is 3.63. The second kappa shape index (κ2) is 34.5. The monoisotopic (exact) mass is 709 g/mol. The molecule has 0 saturated carbocycles. The van der Waals surface area contributed by atoms with Gasteiger partial charge in [-0.2, -0.15) is 0 Å². The van der Waals surface area contributed by atoms with E-state index in [1.165, 1.54) is 89.9 Å². The van der Waals surface area contributed by atoms with Gasteiger partial charge in [-0.15, -0.1) is 0 Å². The largest absolute Gasteiger partial charge is 0.466 e. The van der Waals surface area contributed by atoms with E-state index in [1.54, 1.807) is 0 Å². The van der Waals surface area contributed by atoms with Crippen LogP contribution in [0.15, 0.2) is 0 Å². The van der Waals surface area contributed by atoms with Gasteiger partial charge in [0.2, 0.25) is 0 Å². The van der Waals surface area contributed by atoms with Gasteiger partial charge in [0.25, 0.3) is 0 Å². The molecule has 1 fully saturated rings. The van der Waals surface area contributed by atoms with Crippen molar-refractivity contribution in [3.05, 3.63) is 0 Å². The van der Waals surface area contributed by atoms with Crippen LogP contribution in [0.3, 0.4) is 0 Å². The first kappa shape index (κ1) is 46.4. The molecule has 50 heavy (non-hydrogen) atoms. The first-order valence-electron chi connectivity index (χ1n) is 21.6. The summed E-state index contributed by atoms with van der Waals surface area (Å²) in [5, 5.41) is 0. The highest BCUT2D eigenvalue weighted by molar-refractivity contribution is 5.70. The van der Waals surface area contributed by atoms with E-state index >= 15 is 0 Å². The Morgan fingerprint density at radius 1 is 0.520 bits per heavy atom. The van der Waals surface area contributed by atoms with E-state index in [2.05, 4.69) is 20.8 Å². The molecule has 7 nitrogen and oxygen atoms in total. The fourth-order valence-corrected chi connectivity index (χ4v) is 6.88. The number of carbonyl (C=O) groups is 3. The summed E-state index contributed by atoms with van der Waals surface area (Å²) in [5.41, 5.74) is 0. The second-order valence-electron chi connectivity index (χ2n) is 15.0. The van der Waals surface area contributed by atoms with E-state index in [-0.39, 0.29) is 36.2 Å². The third-order valence-electron chi connectivity index (χ3n) is 10.1. The van der Waals surface area contributed by atoms with Crippen molar-refractivity contribution in [1.82, 2.24) is 0 Å². The maximum absolute atomic E-state index is 12.9. The molecular formula is C43H80O7. The van der Waals surface area contributed by atoms with Crippen LogP contribution in [0.5, 0.6) is 0 Å². The molecule has 0 N–H and O–H groups in total. The lowest BCUT2D eigenvalue weighted by molar-refractivity contribution is -0.154. The van der Waals surface area contributed by atoms with E-state index in [1.807, 2.05) is 0 Å². The zero-order valence-corrected chi connectivity index (χ0v) is 33.1. The summed E-state index contributed by atoms with van der Waals surface area (Å²) in [6.45, 7) is 7.83. The molecule has 294 valence electrons. The fourth-order valence-electron chi connectivity index (χ4n) is 6.88. The van der Waals surface area contributed by atoms with Gasteiger partial charge < -0.3 is 18.9 Å². The highest BCUT2D eigenvalue weighted by Gasteiger charge is 2.23. The fraction of sp³-hybridized carbons (Fsp3) is 0.930. The van der Waals surface area contributed by atoms with Crippen LogP contribution in [0.2, 0.25) is 0 Å². The van der Waals surface area contributed by atoms with Crippen LogP contribution in [0.1, 0.15) is 226 Å². The van der Waals surface area contributed by atoms with Crippen molar-refractivity contribution in [2.75, 3.05) is 13.2 Å². The van der Waals surface area contributed by atoms with Gasteiger partial charge >= 0.3 is 17.9 Å². The summed E-state index contributed by atoms with van der Waals surface area (Å²) in [5.74, 6) is -0.393. The Labute approximate surface area is 308 Å². The third kappa shape index (κ3) is 29.0. The minimum atomic E-state index is -0.277. The molecule has 1 rings (SSSR count). The molecule has 1 heterocycles. The minimum Gasteiger partial charge on any atom is -0.466 e. The second-order valence-corrected chi connectivity index (χ2v) is 15.0. The van der Waals surface area contributed by atoms with Gasteiger partial charge in [-0.3, -0.25) is 14.4 Å². The molecule has 0 aliphatic carbocycles. The molecule has 0 unspecified atom stereocenters. The Morgan fingerprint density at radius 2 is 0.940 bits per heavy atom. The van der Waals surface area contributed by atoms with Crippen LogP contribution in [0, 0.1) is 0 Å². The van der Waals surface area contributed by atoms with Gasteiger partial charge in [-0.1, -0.05) is 136 Å². The van der Waals surface area contributed by atoms with Crippen molar-refractivity contribution >= 4 is 17.9 Å².